The molecule has 1 saturated heterocycles. The van der Waals surface area contributed by atoms with Crippen molar-refractivity contribution in [2.45, 2.75) is 45.2 Å². The van der Waals surface area contributed by atoms with Gasteiger partial charge >= 0.3 is 5.97 Å². The van der Waals surface area contributed by atoms with Crippen molar-refractivity contribution in [3.8, 4) is 40.2 Å². The van der Waals surface area contributed by atoms with Crippen LogP contribution < -0.4 is 18.9 Å². The number of carboxylic acids is 1. The summed E-state index contributed by atoms with van der Waals surface area (Å²) in [7, 11) is 0. The van der Waals surface area contributed by atoms with E-state index in [1.165, 1.54) is 0 Å². The van der Waals surface area contributed by atoms with Gasteiger partial charge in [-0.2, -0.15) is 5.26 Å². The Balaban J connectivity index is 1.25. The maximum Gasteiger partial charge on any atom is 0.321 e. The first-order valence-electron chi connectivity index (χ1n) is 15.0. The van der Waals surface area contributed by atoms with Crippen molar-refractivity contribution in [1.82, 2.24) is 4.90 Å². The molecule has 236 valence electrons. The highest BCUT2D eigenvalue weighted by Gasteiger charge is 2.36. The molecule has 4 aromatic carbocycles. The Morgan fingerprint density at radius 3 is 2.57 bits per heavy atom. The van der Waals surface area contributed by atoms with E-state index in [0.29, 0.717) is 40.9 Å². The lowest BCUT2D eigenvalue weighted by atomic mass is 9.96. The van der Waals surface area contributed by atoms with Crippen LogP contribution in [0.5, 0.6) is 23.0 Å². The van der Waals surface area contributed by atoms with Crippen molar-refractivity contribution >= 4 is 17.6 Å². The quantitative estimate of drug-likeness (QED) is 0.211. The van der Waals surface area contributed by atoms with Gasteiger partial charge in [0.1, 0.15) is 44.0 Å². The van der Waals surface area contributed by atoms with Crippen LogP contribution in [0, 0.1) is 18.3 Å². The van der Waals surface area contributed by atoms with Crippen molar-refractivity contribution in [1.29, 1.82) is 5.26 Å². The molecule has 0 amide bonds. The van der Waals surface area contributed by atoms with Gasteiger partial charge in [0.2, 0.25) is 0 Å². The van der Waals surface area contributed by atoms with E-state index < -0.39 is 18.1 Å². The lowest BCUT2D eigenvalue weighted by molar-refractivity contribution is -0.142. The molecular weight excluding hydrogens is 608 g/mol. The number of nitriles is 1. The molecule has 0 radical (unpaired) electrons. The molecule has 10 heteroatoms. The third kappa shape index (κ3) is 6.90. The molecule has 0 aromatic heterocycles. The molecule has 2 unspecified atom stereocenters. The molecule has 2 heterocycles. The van der Waals surface area contributed by atoms with Gasteiger partial charge in [-0.05, 0) is 65.1 Å². The highest BCUT2D eigenvalue weighted by molar-refractivity contribution is 6.32. The van der Waals surface area contributed by atoms with Crippen LogP contribution in [0.1, 0.15) is 34.2 Å². The number of benzene rings is 4. The highest BCUT2D eigenvalue weighted by atomic mass is 35.5. The molecule has 0 spiro atoms. The number of aliphatic hydroxyl groups excluding tert-OH is 1. The van der Waals surface area contributed by atoms with Crippen LogP contribution in [0.25, 0.3) is 11.1 Å². The van der Waals surface area contributed by atoms with Crippen LogP contribution in [0.4, 0.5) is 0 Å². The molecule has 46 heavy (non-hydrogen) atoms. The van der Waals surface area contributed by atoms with Gasteiger partial charge in [-0.25, -0.2) is 0 Å². The number of carbonyl (C=O) groups is 1. The molecule has 6 rings (SSSR count). The van der Waals surface area contributed by atoms with E-state index in [9.17, 15) is 20.3 Å². The molecule has 1 fully saturated rings. The second kappa shape index (κ2) is 13.7. The summed E-state index contributed by atoms with van der Waals surface area (Å²) >= 11 is 6.75. The Kier molecular flexibility index (Phi) is 9.31. The predicted octanol–water partition coefficient (Wildman–Crippen LogP) is 6.14. The molecule has 2 aliphatic heterocycles. The van der Waals surface area contributed by atoms with Gasteiger partial charge in [0.05, 0.1) is 22.8 Å². The first kappa shape index (κ1) is 31.2. The molecular formula is C36H33ClN2O7. The lowest BCUT2D eigenvalue weighted by Crippen LogP contribution is -2.35. The van der Waals surface area contributed by atoms with Crippen molar-refractivity contribution in [2.75, 3.05) is 19.8 Å². The number of ether oxygens (including phenoxy) is 4. The van der Waals surface area contributed by atoms with Crippen molar-refractivity contribution in [3.05, 3.63) is 106 Å². The van der Waals surface area contributed by atoms with Crippen LogP contribution in [0.15, 0.2) is 72.8 Å². The van der Waals surface area contributed by atoms with Gasteiger partial charge in [-0.1, -0.05) is 48.0 Å². The highest BCUT2D eigenvalue weighted by Crippen LogP contribution is 2.38. The number of hydrogen-bond acceptors (Lipinski definition) is 8. The number of halogens is 1. The summed E-state index contributed by atoms with van der Waals surface area (Å²) in [5.74, 6) is 1.34. The number of nitrogens with zero attached hydrogens (tertiary/aromatic N) is 2. The Bertz CT molecular complexity index is 1800. The van der Waals surface area contributed by atoms with Gasteiger partial charge in [0.15, 0.2) is 11.5 Å². The second-order valence-corrected chi connectivity index (χ2v) is 11.8. The Hall–Kier alpha value is -4.75. The van der Waals surface area contributed by atoms with Crippen molar-refractivity contribution in [3.63, 3.8) is 0 Å². The molecule has 0 bridgehead atoms. The average molecular weight is 641 g/mol. The van der Waals surface area contributed by atoms with E-state index in [4.69, 9.17) is 30.5 Å². The largest absolute Gasteiger partial charge is 0.488 e. The van der Waals surface area contributed by atoms with Crippen LogP contribution >= 0.6 is 11.6 Å². The average Bonchev–Trinajstić information content (AvgIpc) is 3.44. The Morgan fingerprint density at radius 1 is 0.978 bits per heavy atom. The summed E-state index contributed by atoms with van der Waals surface area (Å²) in [6.45, 7) is 3.93. The predicted molar refractivity (Wildman–Crippen MR) is 171 cm³/mol. The van der Waals surface area contributed by atoms with E-state index in [1.54, 1.807) is 35.2 Å². The summed E-state index contributed by atoms with van der Waals surface area (Å²) < 4.78 is 24.0. The molecule has 0 aliphatic carbocycles. The van der Waals surface area contributed by atoms with Crippen LogP contribution in [0.3, 0.4) is 0 Å². The first-order valence-corrected chi connectivity index (χ1v) is 15.4. The van der Waals surface area contributed by atoms with Crippen LogP contribution in [-0.4, -0.2) is 53.0 Å². The van der Waals surface area contributed by atoms with E-state index >= 15 is 0 Å². The van der Waals surface area contributed by atoms with Crippen LogP contribution in [-0.2, 0) is 24.6 Å². The molecule has 2 aliphatic rings. The number of aliphatic hydroxyl groups is 1. The van der Waals surface area contributed by atoms with E-state index in [2.05, 4.69) is 12.1 Å². The summed E-state index contributed by atoms with van der Waals surface area (Å²) in [6.07, 6.45) is -0.593. The number of aliphatic carboxylic acids is 1. The van der Waals surface area contributed by atoms with Crippen molar-refractivity contribution in [2.24, 2.45) is 0 Å². The fourth-order valence-corrected chi connectivity index (χ4v) is 6.13. The van der Waals surface area contributed by atoms with E-state index in [1.807, 2.05) is 43.3 Å². The number of β-amino-alcohol motifs (C(OH)–C–C–N with tert-alkyl or cyclic N) is 1. The van der Waals surface area contributed by atoms with Crippen LogP contribution in [0.2, 0.25) is 5.02 Å². The monoisotopic (exact) mass is 640 g/mol. The third-order valence-electron chi connectivity index (χ3n) is 8.29. The zero-order valence-electron chi connectivity index (χ0n) is 25.2. The van der Waals surface area contributed by atoms with E-state index in [-0.39, 0.29) is 32.7 Å². The third-order valence-corrected chi connectivity index (χ3v) is 8.58. The fraction of sp³-hybridized carbons (Fsp3) is 0.278. The summed E-state index contributed by atoms with van der Waals surface area (Å²) in [4.78, 5) is 13.6. The molecule has 0 saturated carbocycles. The lowest BCUT2D eigenvalue weighted by Gasteiger charge is -2.23. The fourth-order valence-electron chi connectivity index (χ4n) is 5.88. The number of carboxylic acid groups (broad SMARTS) is 1. The number of fused-ring (bicyclic) bond motifs is 1. The van der Waals surface area contributed by atoms with Gasteiger partial charge in [0, 0.05) is 31.1 Å². The Labute approximate surface area is 272 Å². The van der Waals surface area contributed by atoms with Gasteiger partial charge in [0.25, 0.3) is 0 Å². The summed E-state index contributed by atoms with van der Waals surface area (Å²) in [6, 6.07) is 23.8. The maximum atomic E-state index is 11.9. The van der Waals surface area contributed by atoms with Crippen molar-refractivity contribution < 1.29 is 34.0 Å². The standard InChI is InChI=1S/C36H33ClN2O7/c1-22-26(6-3-7-29(22)25-8-9-32-35(14-25)44-11-10-43-32)21-46-34-16-33(45-20-24-5-2-4-23(12-24)17-38)27(13-30(34)37)18-39-19-28(40)15-31(39)36(41)42/h2-9,12-14,16,28,31,40H,10-11,15,18-21H2,1H3,(H,41,42). The first-order chi connectivity index (χ1) is 22.3. The summed E-state index contributed by atoms with van der Waals surface area (Å²) in [5.41, 5.74) is 6.05. The van der Waals surface area contributed by atoms with Gasteiger partial charge < -0.3 is 29.2 Å². The van der Waals surface area contributed by atoms with Gasteiger partial charge in [-0.15, -0.1) is 0 Å². The Morgan fingerprint density at radius 2 is 1.76 bits per heavy atom. The molecule has 4 aromatic rings. The smallest absolute Gasteiger partial charge is 0.321 e. The number of likely N-dealkylation sites (tertiary alicyclic amines) is 1. The SMILES string of the molecule is Cc1c(COc2cc(OCc3cccc(C#N)c3)c(CN3CC(O)CC3C(=O)O)cc2Cl)cccc1-c1ccc2c(c1)OCCO2. The minimum Gasteiger partial charge on any atom is -0.488 e. The zero-order chi connectivity index (χ0) is 32.2. The maximum absolute atomic E-state index is 11.9. The second-order valence-electron chi connectivity index (χ2n) is 11.4. The molecule has 2 atom stereocenters. The zero-order valence-corrected chi connectivity index (χ0v) is 26.0. The normalized spacial score (nSPS) is 17.3. The topological polar surface area (TPSA) is 121 Å². The number of rotatable bonds is 10. The minimum absolute atomic E-state index is 0.145. The van der Waals surface area contributed by atoms with Gasteiger partial charge in [-0.3, -0.25) is 9.69 Å². The van der Waals surface area contributed by atoms with E-state index in [0.717, 1.165) is 39.3 Å². The molecule has 9 nitrogen and oxygen atoms in total. The minimum atomic E-state index is -0.993. The summed E-state index contributed by atoms with van der Waals surface area (Å²) in [5, 5.41) is 29.6. The number of hydrogen-bond donors (Lipinski definition) is 2. The molecule has 2 N–H and O–H groups in total.